The standard InChI is InChI=1S/C17H32N4S/c1-6-18-17(19-14-15(4)21(7-2)8-3)20(5)12-11-16-10-9-13-22-16/h9-10,13,15H,6-8,11-12,14H2,1-5H3,(H,18,19). The van der Waals surface area contributed by atoms with Crippen molar-refractivity contribution >= 4 is 17.3 Å². The van der Waals surface area contributed by atoms with Crippen molar-refractivity contribution in [2.75, 3.05) is 39.8 Å². The van der Waals surface area contributed by atoms with Crippen LogP contribution in [0.2, 0.25) is 0 Å². The molecule has 1 aromatic heterocycles. The number of hydrogen-bond acceptors (Lipinski definition) is 3. The smallest absolute Gasteiger partial charge is 0.193 e. The Kier molecular flexibility index (Phi) is 9.16. The number of aliphatic imine (C=N–C) groups is 1. The highest BCUT2D eigenvalue weighted by atomic mass is 32.1. The zero-order valence-corrected chi connectivity index (χ0v) is 15.6. The van der Waals surface area contributed by atoms with Gasteiger partial charge in [0.2, 0.25) is 0 Å². The second-order valence-corrected chi connectivity index (χ2v) is 6.55. The van der Waals surface area contributed by atoms with Gasteiger partial charge >= 0.3 is 0 Å². The number of nitrogens with zero attached hydrogens (tertiary/aromatic N) is 3. The van der Waals surface area contributed by atoms with Gasteiger partial charge < -0.3 is 10.2 Å². The summed E-state index contributed by atoms with van der Waals surface area (Å²) in [5, 5.41) is 5.54. The van der Waals surface area contributed by atoms with E-state index in [9.17, 15) is 0 Å². The molecule has 1 atom stereocenters. The Hall–Kier alpha value is -1.07. The molecule has 0 aromatic carbocycles. The molecule has 0 bridgehead atoms. The summed E-state index contributed by atoms with van der Waals surface area (Å²) in [6.45, 7) is 13.7. The molecule has 1 aromatic rings. The first kappa shape index (κ1) is 19.0. The largest absolute Gasteiger partial charge is 0.357 e. The molecule has 1 N–H and O–H groups in total. The van der Waals surface area contributed by atoms with Crippen LogP contribution in [0.25, 0.3) is 0 Å². The number of nitrogens with one attached hydrogen (secondary N) is 1. The first-order valence-electron chi connectivity index (χ1n) is 8.38. The van der Waals surface area contributed by atoms with Gasteiger partial charge in [-0.1, -0.05) is 19.9 Å². The van der Waals surface area contributed by atoms with Crippen LogP contribution in [0.1, 0.15) is 32.6 Å². The molecule has 5 heteroatoms. The third kappa shape index (κ3) is 6.36. The summed E-state index contributed by atoms with van der Waals surface area (Å²) in [6.07, 6.45) is 1.07. The Morgan fingerprint density at radius 2 is 2.05 bits per heavy atom. The fourth-order valence-corrected chi connectivity index (χ4v) is 3.19. The van der Waals surface area contributed by atoms with E-state index in [4.69, 9.17) is 4.99 Å². The maximum absolute atomic E-state index is 4.82. The van der Waals surface area contributed by atoms with E-state index in [1.165, 1.54) is 4.88 Å². The Bertz CT molecular complexity index is 412. The molecule has 126 valence electrons. The van der Waals surface area contributed by atoms with Gasteiger partial charge in [0.05, 0.1) is 6.54 Å². The number of hydrogen-bond donors (Lipinski definition) is 1. The maximum Gasteiger partial charge on any atom is 0.193 e. The van der Waals surface area contributed by atoms with E-state index < -0.39 is 0 Å². The van der Waals surface area contributed by atoms with Gasteiger partial charge in [-0.25, -0.2) is 0 Å². The highest BCUT2D eigenvalue weighted by Gasteiger charge is 2.11. The van der Waals surface area contributed by atoms with Gasteiger partial charge in [-0.2, -0.15) is 0 Å². The van der Waals surface area contributed by atoms with E-state index in [0.717, 1.165) is 45.1 Å². The van der Waals surface area contributed by atoms with Crippen LogP contribution < -0.4 is 5.32 Å². The molecule has 0 aliphatic carbocycles. The minimum absolute atomic E-state index is 0.481. The summed E-state index contributed by atoms with van der Waals surface area (Å²) in [5.41, 5.74) is 0. The Morgan fingerprint density at radius 3 is 2.59 bits per heavy atom. The zero-order chi connectivity index (χ0) is 16.4. The lowest BCUT2D eigenvalue weighted by molar-refractivity contribution is 0.236. The van der Waals surface area contributed by atoms with Gasteiger partial charge in [0.1, 0.15) is 0 Å². The highest BCUT2D eigenvalue weighted by Crippen LogP contribution is 2.09. The third-order valence-corrected chi connectivity index (χ3v) is 4.85. The van der Waals surface area contributed by atoms with Crippen LogP contribution in [0.4, 0.5) is 0 Å². The molecule has 1 rings (SSSR count). The van der Waals surface area contributed by atoms with Crippen LogP contribution in [0.5, 0.6) is 0 Å². The summed E-state index contributed by atoms with van der Waals surface area (Å²) in [5.74, 6) is 1.01. The van der Waals surface area contributed by atoms with Crippen LogP contribution in [0, 0.1) is 0 Å². The Labute approximate surface area is 140 Å². The quantitative estimate of drug-likeness (QED) is 0.560. The van der Waals surface area contributed by atoms with Crippen molar-refractivity contribution in [1.82, 2.24) is 15.1 Å². The number of rotatable bonds is 9. The van der Waals surface area contributed by atoms with Crippen LogP contribution in [0.3, 0.4) is 0 Å². The molecule has 22 heavy (non-hydrogen) atoms. The second kappa shape index (κ2) is 10.6. The summed E-state index contributed by atoms with van der Waals surface area (Å²) in [6, 6.07) is 4.80. The van der Waals surface area contributed by atoms with E-state index in [2.05, 4.69) is 67.4 Å². The molecule has 0 spiro atoms. The van der Waals surface area contributed by atoms with E-state index in [1.54, 1.807) is 0 Å². The average Bonchev–Trinajstić information content (AvgIpc) is 3.03. The van der Waals surface area contributed by atoms with Gasteiger partial charge in [-0.3, -0.25) is 9.89 Å². The molecular weight excluding hydrogens is 292 g/mol. The average molecular weight is 325 g/mol. The predicted molar refractivity (Wildman–Crippen MR) is 99.0 cm³/mol. The number of guanidine groups is 1. The summed E-state index contributed by atoms with van der Waals surface area (Å²) in [7, 11) is 2.12. The van der Waals surface area contributed by atoms with Crippen molar-refractivity contribution in [2.24, 2.45) is 4.99 Å². The molecule has 1 heterocycles. The van der Waals surface area contributed by atoms with Crippen LogP contribution in [-0.2, 0) is 6.42 Å². The lowest BCUT2D eigenvalue weighted by Crippen LogP contribution is -2.41. The lowest BCUT2D eigenvalue weighted by Gasteiger charge is -2.26. The SMILES string of the molecule is CCNC(=NCC(C)N(CC)CC)N(C)CCc1cccs1. The summed E-state index contributed by atoms with van der Waals surface area (Å²) < 4.78 is 0. The molecule has 0 aliphatic heterocycles. The van der Waals surface area contributed by atoms with Crippen molar-refractivity contribution < 1.29 is 0 Å². The third-order valence-electron chi connectivity index (χ3n) is 3.91. The van der Waals surface area contributed by atoms with Crippen molar-refractivity contribution in [3.05, 3.63) is 22.4 Å². The van der Waals surface area contributed by atoms with Crippen molar-refractivity contribution in [1.29, 1.82) is 0 Å². The van der Waals surface area contributed by atoms with E-state index in [1.807, 2.05) is 11.3 Å². The lowest BCUT2D eigenvalue weighted by atomic mass is 10.3. The highest BCUT2D eigenvalue weighted by molar-refractivity contribution is 7.09. The molecule has 0 saturated heterocycles. The second-order valence-electron chi connectivity index (χ2n) is 5.52. The molecule has 0 aliphatic rings. The Morgan fingerprint density at radius 1 is 1.32 bits per heavy atom. The van der Waals surface area contributed by atoms with Crippen molar-refractivity contribution in [3.8, 4) is 0 Å². The molecule has 1 unspecified atom stereocenters. The minimum atomic E-state index is 0.481. The fraction of sp³-hybridized carbons (Fsp3) is 0.706. The van der Waals surface area contributed by atoms with Crippen LogP contribution >= 0.6 is 11.3 Å². The maximum atomic E-state index is 4.82. The summed E-state index contributed by atoms with van der Waals surface area (Å²) in [4.78, 5) is 10.9. The van der Waals surface area contributed by atoms with Crippen molar-refractivity contribution in [3.63, 3.8) is 0 Å². The van der Waals surface area contributed by atoms with E-state index >= 15 is 0 Å². The molecule has 4 nitrogen and oxygen atoms in total. The van der Waals surface area contributed by atoms with Gasteiger partial charge in [-0.15, -0.1) is 11.3 Å². The Balaban J connectivity index is 2.56. The van der Waals surface area contributed by atoms with Gasteiger partial charge in [-0.05, 0) is 44.8 Å². The van der Waals surface area contributed by atoms with Crippen molar-refractivity contribution in [2.45, 2.75) is 40.2 Å². The van der Waals surface area contributed by atoms with E-state index in [-0.39, 0.29) is 0 Å². The number of thiophene rings is 1. The van der Waals surface area contributed by atoms with Crippen LogP contribution in [0.15, 0.2) is 22.5 Å². The van der Waals surface area contributed by atoms with Crippen LogP contribution in [-0.4, -0.2) is 61.6 Å². The van der Waals surface area contributed by atoms with E-state index in [0.29, 0.717) is 6.04 Å². The molecule has 0 radical (unpaired) electrons. The zero-order valence-electron chi connectivity index (χ0n) is 14.8. The molecular formula is C17H32N4S. The minimum Gasteiger partial charge on any atom is -0.357 e. The number of likely N-dealkylation sites (N-methyl/N-ethyl adjacent to an activating group) is 2. The molecule has 0 saturated carbocycles. The fourth-order valence-electron chi connectivity index (χ4n) is 2.49. The monoisotopic (exact) mass is 324 g/mol. The first-order chi connectivity index (χ1) is 10.6. The topological polar surface area (TPSA) is 30.9 Å². The van der Waals surface area contributed by atoms with Gasteiger partial charge in [0.15, 0.2) is 5.96 Å². The summed E-state index contributed by atoms with van der Waals surface area (Å²) >= 11 is 1.82. The normalized spacial score (nSPS) is 13.5. The van der Waals surface area contributed by atoms with Gasteiger partial charge in [0, 0.05) is 31.1 Å². The first-order valence-corrected chi connectivity index (χ1v) is 9.26. The molecule has 0 fully saturated rings. The predicted octanol–water partition coefficient (Wildman–Crippen LogP) is 2.92. The van der Waals surface area contributed by atoms with Gasteiger partial charge in [0.25, 0.3) is 0 Å². The molecule has 0 amide bonds.